The van der Waals surface area contributed by atoms with Gasteiger partial charge in [-0.05, 0) is 64.1 Å². The molecule has 6 aromatic rings. The lowest BCUT2D eigenvalue weighted by atomic mass is 9.93. The van der Waals surface area contributed by atoms with Crippen LogP contribution in [0, 0.1) is 0 Å². The summed E-state index contributed by atoms with van der Waals surface area (Å²) in [5.74, 6) is 0. The molecule has 4 heteroatoms. The molecule has 0 saturated heterocycles. The Morgan fingerprint density at radius 3 is 1.29 bits per heavy atom. The van der Waals surface area contributed by atoms with Gasteiger partial charge >= 0.3 is 0 Å². The van der Waals surface area contributed by atoms with Gasteiger partial charge in [-0.2, -0.15) is 0 Å². The Bertz CT molecular complexity index is 1420. The quantitative estimate of drug-likeness (QED) is 0.235. The van der Waals surface area contributed by atoms with Crippen molar-refractivity contribution >= 4 is 22.7 Å². The SMILES string of the molecule is c1ccc(-c2cc(Cc3cc(-c4ccccc4)cc(-c4nccs4)c3)cc(-c3nccs3)c2)cc1. The van der Waals surface area contributed by atoms with Gasteiger partial charge in [0.1, 0.15) is 10.0 Å². The van der Waals surface area contributed by atoms with Gasteiger partial charge < -0.3 is 0 Å². The van der Waals surface area contributed by atoms with Gasteiger partial charge in [0.2, 0.25) is 0 Å². The Morgan fingerprint density at radius 1 is 0.457 bits per heavy atom. The van der Waals surface area contributed by atoms with Gasteiger partial charge in [-0.1, -0.05) is 72.8 Å². The van der Waals surface area contributed by atoms with Crippen molar-refractivity contribution in [3.05, 3.63) is 131 Å². The topological polar surface area (TPSA) is 25.8 Å². The van der Waals surface area contributed by atoms with E-state index in [1.807, 2.05) is 23.2 Å². The molecule has 4 aromatic carbocycles. The Labute approximate surface area is 213 Å². The van der Waals surface area contributed by atoms with Gasteiger partial charge in [-0.3, -0.25) is 0 Å². The number of nitrogens with zero attached hydrogens (tertiary/aromatic N) is 2. The van der Waals surface area contributed by atoms with Crippen LogP contribution in [0.5, 0.6) is 0 Å². The molecule has 0 aliphatic rings. The van der Waals surface area contributed by atoms with Crippen molar-refractivity contribution in [3.63, 3.8) is 0 Å². The van der Waals surface area contributed by atoms with Crippen LogP contribution in [0.2, 0.25) is 0 Å². The monoisotopic (exact) mass is 486 g/mol. The van der Waals surface area contributed by atoms with Crippen LogP contribution in [0.1, 0.15) is 11.1 Å². The number of hydrogen-bond acceptors (Lipinski definition) is 4. The fourth-order valence-electron chi connectivity index (χ4n) is 4.40. The second-order valence-electron chi connectivity index (χ2n) is 8.42. The minimum atomic E-state index is 0.831. The Kier molecular flexibility index (Phi) is 6.06. The van der Waals surface area contributed by atoms with Crippen molar-refractivity contribution < 1.29 is 0 Å². The van der Waals surface area contributed by atoms with Crippen molar-refractivity contribution in [2.45, 2.75) is 6.42 Å². The predicted octanol–water partition coefficient (Wildman–Crippen LogP) is 8.86. The molecule has 0 atom stereocenters. The molecule has 6 rings (SSSR count). The van der Waals surface area contributed by atoms with E-state index in [4.69, 9.17) is 0 Å². The van der Waals surface area contributed by atoms with E-state index in [-0.39, 0.29) is 0 Å². The molecule has 168 valence electrons. The Morgan fingerprint density at radius 2 is 0.886 bits per heavy atom. The molecule has 0 N–H and O–H groups in total. The summed E-state index contributed by atoms with van der Waals surface area (Å²) >= 11 is 3.35. The van der Waals surface area contributed by atoms with Gasteiger partial charge in [0.25, 0.3) is 0 Å². The third kappa shape index (κ3) is 4.85. The van der Waals surface area contributed by atoms with Crippen LogP contribution in [-0.4, -0.2) is 9.97 Å². The van der Waals surface area contributed by atoms with E-state index in [2.05, 4.69) is 107 Å². The van der Waals surface area contributed by atoms with Gasteiger partial charge in [0, 0.05) is 34.3 Å². The first-order chi connectivity index (χ1) is 17.3. The lowest BCUT2D eigenvalue weighted by molar-refractivity contribution is 1.19. The first-order valence-corrected chi connectivity index (χ1v) is 13.3. The van der Waals surface area contributed by atoms with E-state index in [1.165, 1.54) is 33.4 Å². The normalized spacial score (nSPS) is 11.0. The van der Waals surface area contributed by atoms with Crippen molar-refractivity contribution in [2.24, 2.45) is 0 Å². The molecular weight excluding hydrogens is 464 g/mol. The molecule has 0 aliphatic carbocycles. The highest BCUT2D eigenvalue weighted by Gasteiger charge is 2.11. The summed E-state index contributed by atoms with van der Waals surface area (Å²) in [5, 5.41) is 6.16. The van der Waals surface area contributed by atoms with Crippen molar-refractivity contribution in [1.29, 1.82) is 0 Å². The van der Waals surface area contributed by atoms with E-state index in [9.17, 15) is 0 Å². The lowest BCUT2D eigenvalue weighted by Gasteiger charge is -2.12. The molecule has 0 amide bonds. The molecule has 35 heavy (non-hydrogen) atoms. The van der Waals surface area contributed by atoms with E-state index < -0.39 is 0 Å². The second-order valence-corrected chi connectivity index (χ2v) is 10.2. The van der Waals surface area contributed by atoms with Crippen LogP contribution in [0.15, 0.2) is 120 Å². The zero-order chi connectivity index (χ0) is 23.5. The highest BCUT2D eigenvalue weighted by molar-refractivity contribution is 7.13. The highest BCUT2D eigenvalue weighted by atomic mass is 32.1. The van der Waals surface area contributed by atoms with E-state index >= 15 is 0 Å². The standard InChI is InChI=1S/C31H22N2S2/c1-3-7-24(8-4-1)26-16-22(18-28(20-26)30-32-11-13-34-30)15-23-17-27(25-9-5-2-6-10-25)21-29(19-23)31-33-12-14-35-31/h1-14,16-21H,15H2. The molecule has 0 radical (unpaired) electrons. The zero-order valence-electron chi connectivity index (χ0n) is 19.0. The number of hydrogen-bond donors (Lipinski definition) is 0. The fourth-order valence-corrected chi connectivity index (χ4v) is 5.65. The third-order valence-electron chi connectivity index (χ3n) is 5.97. The summed E-state index contributed by atoms with van der Waals surface area (Å²) in [4.78, 5) is 9.17. The van der Waals surface area contributed by atoms with Gasteiger partial charge in [-0.15, -0.1) is 22.7 Å². The van der Waals surface area contributed by atoms with Crippen LogP contribution in [-0.2, 0) is 6.42 Å². The Balaban J connectivity index is 1.45. The van der Waals surface area contributed by atoms with E-state index in [1.54, 1.807) is 22.7 Å². The minimum absolute atomic E-state index is 0.831. The summed E-state index contributed by atoms with van der Waals surface area (Å²) in [6, 6.07) is 34.8. The first-order valence-electron chi connectivity index (χ1n) is 11.5. The maximum absolute atomic E-state index is 4.58. The maximum atomic E-state index is 4.58. The van der Waals surface area contributed by atoms with Crippen LogP contribution in [0.25, 0.3) is 43.4 Å². The van der Waals surface area contributed by atoms with Crippen LogP contribution in [0.4, 0.5) is 0 Å². The van der Waals surface area contributed by atoms with Crippen LogP contribution >= 0.6 is 22.7 Å². The zero-order valence-corrected chi connectivity index (χ0v) is 20.6. The molecule has 0 spiro atoms. The van der Waals surface area contributed by atoms with Crippen molar-refractivity contribution in [2.75, 3.05) is 0 Å². The van der Waals surface area contributed by atoms with Crippen molar-refractivity contribution in [3.8, 4) is 43.4 Å². The summed E-state index contributed by atoms with van der Waals surface area (Å²) in [6.45, 7) is 0. The van der Waals surface area contributed by atoms with Crippen molar-refractivity contribution in [1.82, 2.24) is 9.97 Å². The predicted molar refractivity (Wildman–Crippen MR) is 149 cm³/mol. The molecule has 2 aromatic heterocycles. The molecule has 2 nitrogen and oxygen atoms in total. The molecule has 2 heterocycles. The lowest BCUT2D eigenvalue weighted by Crippen LogP contribution is -1.93. The van der Waals surface area contributed by atoms with Crippen LogP contribution in [0.3, 0.4) is 0 Å². The largest absolute Gasteiger partial charge is 0.245 e. The number of aromatic nitrogens is 2. The van der Waals surface area contributed by atoms with Gasteiger partial charge in [-0.25, -0.2) is 9.97 Å². The fraction of sp³-hybridized carbons (Fsp3) is 0.0323. The molecular formula is C31H22N2S2. The number of rotatable bonds is 6. The van der Waals surface area contributed by atoms with E-state index in [0.29, 0.717) is 0 Å². The molecule has 0 aliphatic heterocycles. The average Bonchev–Trinajstić information content (AvgIpc) is 3.65. The van der Waals surface area contributed by atoms with Crippen LogP contribution < -0.4 is 0 Å². The Hall–Kier alpha value is -3.86. The maximum Gasteiger partial charge on any atom is 0.123 e. The third-order valence-corrected chi connectivity index (χ3v) is 7.61. The molecule has 0 unspecified atom stereocenters. The summed E-state index contributed by atoms with van der Waals surface area (Å²) < 4.78 is 0. The molecule has 0 fully saturated rings. The average molecular weight is 487 g/mol. The van der Waals surface area contributed by atoms with E-state index in [0.717, 1.165) is 27.6 Å². The summed E-state index contributed by atoms with van der Waals surface area (Å²) in [5.41, 5.74) is 9.73. The van der Waals surface area contributed by atoms with Gasteiger partial charge in [0.05, 0.1) is 0 Å². The smallest absolute Gasteiger partial charge is 0.123 e. The summed E-state index contributed by atoms with van der Waals surface area (Å²) in [6.07, 6.45) is 4.58. The highest BCUT2D eigenvalue weighted by Crippen LogP contribution is 2.33. The number of thiazole rings is 2. The van der Waals surface area contributed by atoms with Gasteiger partial charge in [0.15, 0.2) is 0 Å². The minimum Gasteiger partial charge on any atom is -0.245 e. The number of benzene rings is 4. The molecule has 0 saturated carbocycles. The second kappa shape index (κ2) is 9.79. The summed E-state index contributed by atoms with van der Waals surface area (Å²) in [7, 11) is 0. The molecule has 0 bridgehead atoms. The first kappa shape index (κ1) is 21.7.